The fraction of sp³-hybridized carbons (Fsp3) is 0. The summed E-state index contributed by atoms with van der Waals surface area (Å²) in [7, 11) is 0. The van der Waals surface area contributed by atoms with E-state index in [2.05, 4.69) is 24.7 Å². The summed E-state index contributed by atoms with van der Waals surface area (Å²) >= 11 is 3.91. The van der Waals surface area contributed by atoms with Gasteiger partial charge in [-0.15, -0.1) is 0 Å². The molecule has 12 heavy (non-hydrogen) atoms. The molecule has 0 atom stereocenters. The van der Waals surface area contributed by atoms with E-state index in [1.165, 1.54) is 0 Å². The molecule has 62 valence electrons. The van der Waals surface area contributed by atoms with Crippen LogP contribution in [0.1, 0.15) is 0 Å². The minimum absolute atomic E-state index is 0.0214. The molecule has 0 aliphatic carbocycles. The Morgan fingerprint density at radius 2 is 1.92 bits per heavy atom. The predicted octanol–water partition coefficient (Wildman–Crippen LogP) is 2.73. The Balaban J connectivity index is 2.97. The molecule has 0 amide bonds. The smallest absolute Gasteiger partial charge is 0.187 e. The first kappa shape index (κ1) is 8.00. The molecule has 0 unspecified atom stereocenters. The number of halogens is 3. The van der Waals surface area contributed by atoms with Crippen molar-refractivity contribution >= 4 is 38.7 Å². The molecule has 1 heterocycles. The van der Waals surface area contributed by atoms with Gasteiger partial charge in [-0.3, -0.25) is 0 Å². The summed E-state index contributed by atoms with van der Waals surface area (Å²) in [6, 6.07) is 1.04. The van der Waals surface area contributed by atoms with Gasteiger partial charge in [0.1, 0.15) is 11.0 Å². The van der Waals surface area contributed by atoms with Crippen LogP contribution in [0.5, 0.6) is 0 Å². The summed E-state index contributed by atoms with van der Waals surface area (Å²) < 4.78 is 33.5. The van der Waals surface area contributed by atoms with Crippen LogP contribution in [0.3, 0.4) is 0 Å². The normalized spacial score (nSPS) is 10.9. The van der Waals surface area contributed by atoms with Crippen LogP contribution in [0.25, 0.3) is 11.0 Å². The third kappa shape index (κ3) is 1.02. The summed E-state index contributed by atoms with van der Waals surface area (Å²) in [5, 5.41) is 0. The van der Waals surface area contributed by atoms with Gasteiger partial charge in [-0.05, 0) is 22.0 Å². The van der Waals surface area contributed by atoms with Gasteiger partial charge in [0.05, 0.1) is 11.7 Å². The summed E-state index contributed by atoms with van der Waals surface area (Å²) in [6.07, 6.45) is 0. The Hall–Kier alpha value is -0.620. The molecule has 0 radical (unpaired) electrons. The van der Waals surface area contributed by atoms with E-state index in [0.717, 1.165) is 17.8 Å². The van der Waals surface area contributed by atoms with Gasteiger partial charge in [-0.25, -0.2) is 8.78 Å². The first-order chi connectivity index (χ1) is 5.70. The maximum absolute atomic E-state index is 12.9. The van der Waals surface area contributed by atoms with Crippen LogP contribution in [0, 0.1) is 11.6 Å². The molecular formula is C6HBrF2N2S. The largest absolute Gasteiger partial charge is 0.204 e. The second-order valence-electron chi connectivity index (χ2n) is 2.12. The quantitative estimate of drug-likeness (QED) is 0.673. The third-order valence-electron chi connectivity index (χ3n) is 1.39. The van der Waals surface area contributed by atoms with E-state index in [1.807, 2.05) is 0 Å². The van der Waals surface area contributed by atoms with Crippen LogP contribution in [-0.4, -0.2) is 8.75 Å². The lowest BCUT2D eigenvalue weighted by Gasteiger charge is -1.94. The van der Waals surface area contributed by atoms with Gasteiger partial charge in [0.25, 0.3) is 0 Å². The Labute approximate surface area is 78.7 Å². The van der Waals surface area contributed by atoms with Crippen LogP contribution in [0.15, 0.2) is 10.5 Å². The third-order valence-corrected chi connectivity index (χ3v) is 2.52. The van der Waals surface area contributed by atoms with Crippen molar-refractivity contribution in [2.75, 3.05) is 0 Å². The highest BCUT2D eigenvalue weighted by atomic mass is 79.9. The Kier molecular flexibility index (Phi) is 1.80. The lowest BCUT2D eigenvalue weighted by atomic mass is 10.3. The fourth-order valence-electron chi connectivity index (χ4n) is 0.845. The van der Waals surface area contributed by atoms with E-state index in [4.69, 9.17) is 0 Å². The van der Waals surface area contributed by atoms with E-state index in [9.17, 15) is 8.78 Å². The van der Waals surface area contributed by atoms with Gasteiger partial charge >= 0.3 is 0 Å². The van der Waals surface area contributed by atoms with Gasteiger partial charge in [0, 0.05) is 4.47 Å². The van der Waals surface area contributed by atoms with Gasteiger partial charge in [0.2, 0.25) is 0 Å². The first-order valence-corrected chi connectivity index (χ1v) is 4.48. The standard InChI is InChI=1S/C6HBrF2N2S/c7-2-1-3(8)4(9)6-5(2)10-12-11-6/h1H. The average Bonchev–Trinajstić information content (AvgIpc) is 2.48. The zero-order valence-electron chi connectivity index (χ0n) is 5.51. The van der Waals surface area contributed by atoms with Gasteiger partial charge in [-0.2, -0.15) is 8.75 Å². The molecule has 0 fully saturated rings. The minimum Gasteiger partial charge on any atom is -0.204 e. The molecule has 2 rings (SSSR count). The molecule has 0 aliphatic rings. The second kappa shape index (κ2) is 2.70. The molecule has 0 spiro atoms. The zero-order chi connectivity index (χ0) is 8.72. The second-order valence-corrected chi connectivity index (χ2v) is 3.50. The van der Waals surface area contributed by atoms with Crippen molar-refractivity contribution in [3.05, 3.63) is 22.2 Å². The molecule has 6 heteroatoms. The number of aromatic nitrogens is 2. The SMILES string of the molecule is Fc1cc(Br)c2nsnc2c1F. The van der Waals surface area contributed by atoms with Crippen LogP contribution in [0.2, 0.25) is 0 Å². The molecule has 2 aromatic rings. The first-order valence-electron chi connectivity index (χ1n) is 2.96. The molecule has 0 N–H and O–H groups in total. The van der Waals surface area contributed by atoms with Crippen molar-refractivity contribution in [1.29, 1.82) is 0 Å². The molecule has 0 saturated carbocycles. The Bertz CT molecular complexity index is 442. The number of hydrogen-bond acceptors (Lipinski definition) is 3. The van der Waals surface area contributed by atoms with Gasteiger partial charge in [-0.1, -0.05) is 0 Å². The number of hydrogen-bond donors (Lipinski definition) is 0. The van der Waals surface area contributed by atoms with Crippen molar-refractivity contribution in [2.24, 2.45) is 0 Å². The van der Waals surface area contributed by atoms with Crippen LogP contribution < -0.4 is 0 Å². The zero-order valence-corrected chi connectivity index (χ0v) is 7.92. The van der Waals surface area contributed by atoms with Gasteiger partial charge in [0.15, 0.2) is 11.6 Å². The van der Waals surface area contributed by atoms with Crippen LogP contribution >= 0.6 is 27.7 Å². The maximum atomic E-state index is 12.9. The van der Waals surface area contributed by atoms with E-state index in [-0.39, 0.29) is 5.52 Å². The lowest BCUT2D eigenvalue weighted by Crippen LogP contribution is -1.86. The van der Waals surface area contributed by atoms with Gasteiger partial charge < -0.3 is 0 Å². The van der Waals surface area contributed by atoms with E-state index in [0.29, 0.717) is 9.99 Å². The molecule has 0 saturated heterocycles. The number of rotatable bonds is 0. The highest BCUT2D eigenvalue weighted by molar-refractivity contribution is 9.10. The molecule has 0 aliphatic heterocycles. The van der Waals surface area contributed by atoms with Crippen molar-refractivity contribution < 1.29 is 8.78 Å². The summed E-state index contributed by atoms with van der Waals surface area (Å²) in [6.45, 7) is 0. The van der Waals surface area contributed by atoms with E-state index in [1.54, 1.807) is 0 Å². The number of nitrogens with zero attached hydrogens (tertiary/aromatic N) is 2. The minimum atomic E-state index is -0.943. The van der Waals surface area contributed by atoms with Crippen molar-refractivity contribution in [3.8, 4) is 0 Å². The maximum Gasteiger partial charge on any atom is 0.187 e. The van der Waals surface area contributed by atoms with Crippen LogP contribution in [-0.2, 0) is 0 Å². The Morgan fingerprint density at radius 3 is 2.67 bits per heavy atom. The van der Waals surface area contributed by atoms with E-state index >= 15 is 0 Å². The average molecular weight is 251 g/mol. The van der Waals surface area contributed by atoms with Crippen LogP contribution in [0.4, 0.5) is 8.78 Å². The predicted molar refractivity (Wildman–Crippen MR) is 45.0 cm³/mol. The summed E-state index contributed by atoms with van der Waals surface area (Å²) in [5.74, 6) is -1.86. The fourth-order valence-corrected chi connectivity index (χ4v) is 2.00. The summed E-state index contributed by atoms with van der Waals surface area (Å²) in [5.41, 5.74) is 0.339. The number of benzene rings is 1. The topological polar surface area (TPSA) is 25.8 Å². The van der Waals surface area contributed by atoms with Crippen molar-refractivity contribution in [3.63, 3.8) is 0 Å². The molecule has 0 bridgehead atoms. The van der Waals surface area contributed by atoms with Crippen molar-refractivity contribution in [1.82, 2.24) is 8.75 Å². The summed E-state index contributed by atoms with van der Waals surface area (Å²) in [4.78, 5) is 0. The number of fused-ring (bicyclic) bond motifs is 1. The Morgan fingerprint density at radius 1 is 1.25 bits per heavy atom. The molecule has 2 nitrogen and oxygen atoms in total. The highest BCUT2D eigenvalue weighted by Crippen LogP contribution is 2.26. The lowest BCUT2D eigenvalue weighted by molar-refractivity contribution is 0.515. The molecule has 1 aromatic heterocycles. The highest BCUT2D eigenvalue weighted by Gasteiger charge is 2.13. The molecule has 1 aromatic carbocycles. The molecular weight excluding hydrogens is 250 g/mol. The van der Waals surface area contributed by atoms with Crippen molar-refractivity contribution in [2.45, 2.75) is 0 Å². The monoisotopic (exact) mass is 250 g/mol. The van der Waals surface area contributed by atoms with E-state index < -0.39 is 11.6 Å².